The summed E-state index contributed by atoms with van der Waals surface area (Å²) in [6.45, 7) is 4.70. The van der Waals surface area contributed by atoms with E-state index in [9.17, 15) is 0 Å². The van der Waals surface area contributed by atoms with Gasteiger partial charge in [-0.05, 0) is 41.9 Å². The summed E-state index contributed by atoms with van der Waals surface area (Å²) in [5.74, 6) is 0.808. The summed E-state index contributed by atoms with van der Waals surface area (Å²) in [7, 11) is 0. The van der Waals surface area contributed by atoms with E-state index < -0.39 is 6.16 Å². The first-order valence-electron chi connectivity index (χ1n) is 5.47. The number of carboxylic acid groups (broad SMARTS) is 2. The molecule has 3 nitrogen and oxygen atoms in total. The summed E-state index contributed by atoms with van der Waals surface area (Å²) in [5.41, 5.74) is 2.08. The fraction of sp³-hybridized carbons (Fsp3) is 0.462. The fourth-order valence-electron chi connectivity index (χ4n) is 2.24. The molecular weight excluding hydrogens is 284 g/mol. The van der Waals surface area contributed by atoms with Crippen molar-refractivity contribution in [2.45, 2.75) is 32.6 Å². The van der Waals surface area contributed by atoms with E-state index in [0.29, 0.717) is 5.41 Å². The normalized spacial score (nSPS) is 17.6. The van der Waals surface area contributed by atoms with Crippen molar-refractivity contribution in [1.29, 1.82) is 0 Å². The summed E-state index contributed by atoms with van der Waals surface area (Å²) in [4.78, 5) is 8.56. The highest BCUT2D eigenvalue weighted by molar-refractivity contribution is 9.10. The van der Waals surface area contributed by atoms with Crippen LogP contribution in [0.1, 0.15) is 38.2 Å². The Kier molecular flexibility index (Phi) is 4.57. The van der Waals surface area contributed by atoms with Crippen LogP contribution in [-0.2, 0) is 0 Å². The van der Waals surface area contributed by atoms with Gasteiger partial charge in [0.15, 0.2) is 0 Å². The lowest BCUT2D eigenvalue weighted by molar-refractivity contribution is 0.137. The van der Waals surface area contributed by atoms with E-state index in [0.717, 1.165) is 5.92 Å². The van der Waals surface area contributed by atoms with Crippen LogP contribution in [0.4, 0.5) is 4.79 Å². The Hall–Kier alpha value is -1.03. The van der Waals surface area contributed by atoms with E-state index in [-0.39, 0.29) is 0 Å². The number of carbonyl (C=O) groups is 1. The van der Waals surface area contributed by atoms with Gasteiger partial charge in [-0.15, -0.1) is 0 Å². The summed E-state index contributed by atoms with van der Waals surface area (Å²) >= 11 is 3.46. The van der Waals surface area contributed by atoms with Crippen molar-refractivity contribution in [2.75, 3.05) is 0 Å². The minimum Gasteiger partial charge on any atom is -0.450 e. The molecule has 2 rings (SSSR count). The highest BCUT2D eigenvalue weighted by atomic mass is 79.9. The maximum Gasteiger partial charge on any atom is 0.503 e. The molecular formula is C13H17BrO3. The summed E-state index contributed by atoms with van der Waals surface area (Å²) in [5, 5.41) is 13.9. The average molecular weight is 301 g/mol. The molecule has 0 amide bonds. The van der Waals surface area contributed by atoms with Crippen molar-refractivity contribution in [3.8, 4) is 0 Å². The molecule has 0 aliphatic heterocycles. The van der Waals surface area contributed by atoms with Gasteiger partial charge in [0.05, 0.1) is 0 Å². The lowest BCUT2D eigenvalue weighted by Gasteiger charge is -2.43. The summed E-state index contributed by atoms with van der Waals surface area (Å²) in [6, 6.07) is 8.76. The smallest absolute Gasteiger partial charge is 0.450 e. The predicted molar refractivity (Wildman–Crippen MR) is 70.6 cm³/mol. The van der Waals surface area contributed by atoms with Crippen molar-refractivity contribution in [1.82, 2.24) is 0 Å². The number of rotatable bonds is 1. The van der Waals surface area contributed by atoms with E-state index in [4.69, 9.17) is 15.0 Å². The third kappa shape index (κ3) is 4.77. The topological polar surface area (TPSA) is 57.5 Å². The van der Waals surface area contributed by atoms with Crippen molar-refractivity contribution >= 4 is 22.1 Å². The molecule has 2 N–H and O–H groups in total. The molecule has 1 aromatic carbocycles. The number of hydrogen-bond acceptors (Lipinski definition) is 1. The van der Waals surface area contributed by atoms with Gasteiger partial charge in [-0.1, -0.05) is 41.9 Å². The molecule has 0 unspecified atom stereocenters. The van der Waals surface area contributed by atoms with E-state index in [2.05, 4.69) is 54.0 Å². The Balaban J connectivity index is 0.000000317. The van der Waals surface area contributed by atoms with Crippen molar-refractivity contribution in [3.63, 3.8) is 0 Å². The molecule has 1 aliphatic carbocycles. The Morgan fingerprint density at radius 2 is 1.65 bits per heavy atom. The third-order valence-electron chi connectivity index (χ3n) is 2.94. The average Bonchev–Trinajstić information content (AvgIpc) is 2.14. The van der Waals surface area contributed by atoms with Crippen molar-refractivity contribution in [2.24, 2.45) is 5.41 Å². The second-order valence-corrected chi connectivity index (χ2v) is 6.02. The van der Waals surface area contributed by atoms with Gasteiger partial charge in [-0.25, -0.2) is 4.79 Å². The molecule has 1 saturated carbocycles. The Morgan fingerprint density at radius 3 is 2.00 bits per heavy atom. The van der Waals surface area contributed by atoms with Crippen LogP contribution in [0.25, 0.3) is 0 Å². The third-order valence-corrected chi connectivity index (χ3v) is 3.47. The van der Waals surface area contributed by atoms with Gasteiger partial charge in [0.2, 0.25) is 0 Å². The van der Waals surface area contributed by atoms with Crippen LogP contribution in [0, 0.1) is 5.41 Å². The maximum absolute atomic E-state index is 8.56. The van der Waals surface area contributed by atoms with Gasteiger partial charge >= 0.3 is 6.16 Å². The molecule has 0 spiro atoms. The monoisotopic (exact) mass is 300 g/mol. The molecule has 1 aromatic rings. The molecule has 0 saturated heterocycles. The molecule has 17 heavy (non-hydrogen) atoms. The molecule has 0 atom stereocenters. The Morgan fingerprint density at radius 1 is 1.24 bits per heavy atom. The van der Waals surface area contributed by atoms with Gasteiger partial charge in [0.1, 0.15) is 0 Å². The van der Waals surface area contributed by atoms with Crippen molar-refractivity contribution < 1.29 is 15.0 Å². The number of halogens is 1. The maximum atomic E-state index is 8.56. The second-order valence-electron chi connectivity index (χ2n) is 5.10. The molecule has 94 valence electrons. The van der Waals surface area contributed by atoms with Crippen LogP contribution in [0.15, 0.2) is 28.7 Å². The number of benzene rings is 1. The van der Waals surface area contributed by atoms with E-state index >= 15 is 0 Å². The van der Waals surface area contributed by atoms with Gasteiger partial charge in [-0.3, -0.25) is 0 Å². The zero-order chi connectivity index (χ0) is 13.1. The lowest BCUT2D eigenvalue weighted by Crippen LogP contribution is -2.29. The molecule has 0 radical (unpaired) electrons. The Bertz CT molecular complexity index is 372. The van der Waals surface area contributed by atoms with Gasteiger partial charge < -0.3 is 10.2 Å². The van der Waals surface area contributed by atoms with Gasteiger partial charge in [0.25, 0.3) is 0 Å². The predicted octanol–water partition coefficient (Wildman–Crippen LogP) is 4.58. The van der Waals surface area contributed by atoms with Gasteiger partial charge in [0, 0.05) is 4.47 Å². The van der Waals surface area contributed by atoms with Crippen LogP contribution in [-0.4, -0.2) is 16.4 Å². The zero-order valence-electron chi connectivity index (χ0n) is 9.98. The van der Waals surface area contributed by atoms with Crippen LogP contribution >= 0.6 is 15.9 Å². The fourth-order valence-corrected chi connectivity index (χ4v) is 2.51. The molecule has 0 bridgehead atoms. The van der Waals surface area contributed by atoms with Crippen LogP contribution in [0.5, 0.6) is 0 Å². The summed E-state index contributed by atoms with van der Waals surface area (Å²) < 4.78 is 1.18. The van der Waals surface area contributed by atoms with E-state index in [1.807, 2.05) is 0 Å². The first-order chi connectivity index (χ1) is 7.80. The second kappa shape index (κ2) is 5.54. The molecule has 0 aromatic heterocycles. The molecule has 1 fully saturated rings. The minimum absolute atomic E-state index is 0.581. The molecule has 1 aliphatic rings. The number of hydrogen-bond donors (Lipinski definition) is 2. The standard InChI is InChI=1S/C12H15Br.CH2O3/c1-12(2)7-10(8-12)9-3-5-11(13)6-4-9;2-1(3)4/h3-6,10H,7-8H2,1-2H3;(H2,2,3,4). The lowest BCUT2D eigenvalue weighted by atomic mass is 9.62. The highest BCUT2D eigenvalue weighted by Gasteiger charge is 2.36. The largest absolute Gasteiger partial charge is 0.503 e. The van der Waals surface area contributed by atoms with Crippen LogP contribution in [0.3, 0.4) is 0 Å². The highest BCUT2D eigenvalue weighted by Crippen LogP contribution is 2.50. The summed E-state index contributed by atoms with van der Waals surface area (Å²) in [6.07, 6.45) is 0.850. The Labute approximate surface area is 110 Å². The van der Waals surface area contributed by atoms with E-state index in [1.54, 1.807) is 0 Å². The quantitative estimate of drug-likeness (QED) is 0.798. The van der Waals surface area contributed by atoms with Crippen LogP contribution < -0.4 is 0 Å². The molecule has 4 heteroatoms. The first kappa shape index (κ1) is 14.0. The molecule has 0 heterocycles. The zero-order valence-corrected chi connectivity index (χ0v) is 11.6. The van der Waals surface area contributed by atoms with E-state index in [1.165, 1.54) is 22.9 Å². The first-order valence-corrected chi connectivity index (χ1v) is 6.27. The van der Waals surface area contributed by atoms with Gasteiger partial charge in [-0.2, -0.15) is 0 Å². The minimum atomic E-state index is -1.83. The van der Waals surface area contributed by atoms with Crippen molar-refractivity contribution in [3.05, 3.63) is 34.3 Å². The SMILES string of the molecule is CC1(C)CC(c2ccc(Br)cc2)C1.O=C(O)O. The van der Waals surface area contributed by atoms with Crippen LogP contribution in [0.2, 0.25) is 0 Å².